The first-order chi connectivity index (χ1) is 12.9. The molecule has 1 heterocycles. The summed E-state index contributed by atoms with van der Waals surface area (Å²) in [6, 6.07) is 17.8. The standard InChI is InChI=1S/C23H23NOSe.Li/c1-14-9-15(2)11-17(10-14)20-18-8-6-5-7-16(18)12-19(26)21(20)22-24-23(3,4)13-25-22;/h5-12,26H,13H2,1-4H3;/q;+1/p-1. The minimum atomic E-state index is -0.168. The summed E-state index contributed by atoms with van der Waals surface area (Å²) in [5.74, 6) is 0.804. The number of fused-ring (bicyclic) bond motifs is 1. The van der Waals surface area contributed by atoms with Crippen LogP contribution in [0.4, 0.5) is 0 Å². The third kappa shape index (κ3) is 3.63. The Morgan fingerprint density at radius 2 is 1.70 bits per heavy atom. The Morgan fingerprint density at radius 1 is 1.00 bits per heavy atom. The second-order valence-corrected chi connectivity index (χ2v) is 9.72. The fraction of sp³-hybridized carbons (Fsp3) is 0.261. The first-order valence-electron chi connectivity index (χ1n) is 9.29. The summed E-state index contributed by atoms with van der Waals surface area (Å²) in [6.45, 7) is 9.23. The molecule has 0 unspecified atom stereocenters. The van der Waals surface area contributed by atoms with Crippen LogP contribution < -0.4 is 4.46 Å². The maximum atomic E-state index is 6.13. The van der Waals surface area contributed by atoms with Gasteiger partial charge in [-0.2, -0.15) is 0 Å². The van der Waals surface area contributed by atoms with Crippen molar-refractivity contribution >= 4 is 49.7 Å². The monoisotopic (exact) mass is 415 g/mol. The molecule has 3 aromatic carbocycles. The molecule has 1 aliphatic rings. The Balaban J connectivity index is 2.12. The van der Waals surface area contributed by atoms with E-state index in [-0.39, 0.29) is 5.54 Å². The number of aryl methyl sites for hydroxylation is 2. The van der Waals surface area contributed by atoms with Crippen molar-refractivity contribution in [2.24, 2.45) is 4.99 Å². The van der Waals surface area contributed by atoms with Crippen molar-refractivity contribution in [1.29, 1.82) is 0 Å². The summed E-state index contributed by atoms with van der Waals surface area (Å²) < 4.78 is 7.48. The fourth-order valence-corrected chi connectivity index (χ4v) is 5.17. The summed E-state index contributed by atoms with van der Waals surface area (Å²) in [5, 5.41) is 2.55. The number of aliphatic imine (C=N–C) groups is 1. The minimum absolute atomic E-state index is 0.168. The Hall–Kier alpha value is -1.49. The van der Waals surface area contributed by atoms with Gasteiger partial charge in [0.2, 0.25) is 0 Å². The zero-order valence-electron chi connectivity index (χ0n) is 16.6. The zero-order chi connectivity index (χ0) is 19.2. The summed E-state index contributed by atoms with van der Waals surface area (Å²) in [5.41, 5.74) is 6.09. The van der Waals surface area contributed by atoms with Gasteiger partial charge in [0.05, 0.1) is 0 Å². The van der Waals surface area contributed by atoms with Gasteiger partial charge < -0.3 is 0 Å². The molecule has 0 atom stereocenters. The summed E-state index contributed by atoms with van der Waals surface area (Å²) in [7, 11) is 0. The molecule has 0 N–H and O–H groups in total. The van der Waals surface area contributed by atoms with Gasteiger partial charge in [-0.05, 0) is 0 Å². The van der Waals surface area contributed by atoms with Crippen LogP contribution in [0.5, 0.6) is 0 Å². The van der Waals surface area contributed by atoms with Crippen LogP contribution in [0.2, 0.25) is 0 Å². The van der Waals surface area contributed by atoms with E-state index in [1.807, 2.05) is 0 Å². The number of rotatable bonds is 3. The van der Waals surface area contributed by atoms with Gasteiger partial charge in [-0.3, -0.25) is 0 Å². The van der Waals surface area contributed by atoms with Crippen molar-refractivity contribution < 1.29 is 4.74 Å². The van der Waals surface area contributed by atoms with Gasteiger partial charge in [-0.15, -0.1) is 0 Å². The molecule has 1 aliphatic heterocycles. The van der Waals surface area contributed by atoms with E-state index >= 15 is 0 Å². The van der Waals surface area contributed by atoms with Crippen LogP contribution in [0, 0.1) is 13.8 Å². The molecule has 132 valence electrons. The zero-order valence-corrected chi connectivity index (χ0v) is 18.3. The number of nitrogens with zero attached hydrogens (tertiary/aromatic N) is 1. The van der Waals surface area contributed by atoms with Crippen molar-refractivity contribution in [2.45, 2.75) is 33.2 Å². The molecule has 0 saturated carbocycles. The summed E-state index contributed by atoms with van der Waals surface area (Å²) in [6.07, 6.45) is 0. The summed E-state index contributed by atoms with van der Waals surface area (Å²) >= 11 is 2.61. The van der Waals surface area contributed by atoms with Crippen molar-refractivity contribution in [3.05, 3.63) is 65.2 Å². The predicted octanol–water partition coefficient (Wildman–Crippen LogP) is 4.09. The Labute approximate surface area is 175 Å². The number of hydrogen-bond donors (Lipinski definition) is 0. The quantitative estimate of drug-likeness (QED) is 0.592. The van der Waals surface area contributed by atoms with Crippen LogP contribution >= 0.6 is 0 Å². The molecular weight excluding hydrogens is 392 g/mol. The van der Waals surface area contributed by atoms with Crippen LogP contribution in [0.1, 0.15) is 30.5 Å². The molecule has 0 spiro atoms. The van der Waals surface area contributed by atoms with Gasteiger partial charge in [-0.25, -0.2) is 0 Å². The predicted molar refractivity (Wildman–Crippen MR) is 117 cm³/mol. The molecule has 2 nitrogen and oxygen atoms in total. The Kier molecular flexibility index (Phi) is 4.99. The number of ether oxygens (including phenoxy) is 1. The average molecular weight is 414 g/mol. The molecule has 3 aromatic rings. The van der Waals surface area contributed by atoms with E-state index in [9.17, 15) is 0 Å². The van der Waals surface area contributed by atoms with Crippen LogP contribution in [0.3, 0.4) is 0 Å². The first-order valence-corrected chi connectivity index (χ1v) is 11.9. The third-order valence-electron chi connectivity index (χ3n) is 4.92. The van der Waals surface area contributed by atoms with Crippen molar-refractivity contribution in [3.63, 3.8) is 0 Å². The van der Waals surface area contributed by atoms with E-state index < -0.39 is 0 Å². The fourth-order valence-electron chi connectivity index (χ4n) is 3.83. The SMILES string of the molecule is [Li][Se]c1cc2ccccc2c(-c2cc(C)cc(C)c2)c1C1=NC(C)(C)CO1. The van der Waals surface area contributed by atoms with Crippen LogP contribution in [0.15, 0.2) is 53.5 Å². The topological polar surface area (TPSA) is 21.6 Å². The van der Waals surface area contributed by atoms with Gasteiger partial charge in [0.15, 0.2) is 0 Å². The molecule has 0 saturated heterocycles. The molecule has 0 bridgehead atoms. The molecule has 4 rings (SSSR count). The second kappa shape index (κ2) is 7.15. The van der Waals surface area contributed by atoms with Crippen molar-refractivity contribution in [2.75, 3.05) is 6.61 Å². The third-order valence-corrected chi connectivity index (χ3v) is 6.52. The van der Waals surface area contributed by atoms with Gasteiger partial charge in [0.1, 0.15) is 0 Å². The Morgan fingerprint density at radius 3 is 2.33 bits per heavy atom. The van der Waals surface area contributed by atoms with E-state index in [1.165, 1.54) is 43.1 Å². The molecule has 0 aliphatic carbocycles. The number of hydrogen-bond acceptors (Lipinski definition) is 2. The van der Waals surface area contributed by atoms with Gasteiger partial charge >= 0.3 is 176 Å². The van der Waals surface area contributed by atoms with E-state index in [1.54, 1.807) is 0 Å². The van der Waals surface area contributed by atoms with E-state index in [4.69, 9.17) is 9.73 Å². The van der Waals surface area contributed by atoms with Crippen LogP contribution in [-0.4, -0.2) is 46.6 Å². The van der Waals surface area contributed by atoms with Gasteiger partial charge in [0.25, 0.3) is 0 Å². The molecule has 0 aromatic heterocycles. The first kappa shape index (κ1) is 18.9. The summed E-state index contributed by atoms with van der Waals surface area (Å²) in [4.78, 5) is 4.94. The molecular formula is C23H22LiNOSe. The van der Waals surface area contributed by atoms with Gasteiger partial charge in [-0.1, -0.05) is 0 Å². The molecule has 0 radical (unpaired) electrons. The van der Waals surface area contributed by atoms with Crippen LogP contribution in [-0.2, 0) is 4.74 Å². The van der Waals surface area contributed by atoms with Crippen molar-refractivity contribution in [1.82, 2.24) is 0 Å². The van der Waals surface area contributed by atoms with E-state index in [0.717, 1.165) is 5.90 Å². The van der Waals surface area contributed by atoms with E-state index in [2.05, 4.69) is 92.0 Å². The van der Waals surface area contributed by atoms with Crippen LogP contribution in [0.25, 0.3) is 21.9 Å². The molecule has 4 heteroatoms. The maximum absolute atomic E-state index is 6.13. The van der Waals surface area contributed by atoms with Gasteiger partial charge in [0, 0.05) is 0 Å². The normalized spacial score (nSPS) is 15.7. The molecule has 0 fully saturated rings. The van der Waals surface area contributed by atoms with E-state index in [0.29, 0.717) is 19.4 Å². The number of benzene rings is 3. The second-order valence-electron chi connectivity index (χ2n) is 7.94. The Bertz CT molecular complexity index is 1050. The average Bonchev–Trinajstić information content (AvgIpc) is 2.98. The molecule has 27 heavy (non-hydrogen) atoms. The van der Waals surface area contributed by atoms with Crippen molar-refractivity contribution in [3.8, 4) is 11.1 Å². The molecule has 0 amide bonds.